The van der Waals surface area contributed by atoms with Crippen molar-refractivity contribution in [1.29, 1.82) is 0 Å². The van der Waals surface area contributed by atoms with Crippen molar-refractivity contribution in [3.8, 4) is 11.5 Å². The zero-order valence-electron chi connectivity index (χ0n) is 13.0. The van der Waals surface area contributed by atoms with Gasteiger partial charge in [0.2, 0.25) is 0 Å². The van der Waals surface area contributed by atoms with E-state index in [9.17, 15) is 0 Å². The first-order valence-corrected chi connectivity index (χ1v) is 8.34. The van der Waals surface area contributed by atoms with E-state index in [-0.39, 0.29) is 23.5 Å². The summed E-state index contributed by atoms with van der Waals surface area (Å²) in [6.07, 6.45) is 0.339. The minimum absolute atomic E-state index is 0.122. The normalized spacial score (nSPS) is 30.2. The van der Waals surface area contributed by atoms with Crippen molar-refractivity contribution in [2.45, 2.75) is 38.4 Å². The molecular formula is C16H22BrClO3. The first kappa shape index (κ1) is 16.9. The summed E-state index contributed by atoms with van der Waals surface area (Å²) in [5.74, 6) is 2.15. The second-order valence-corrected chi connectivity index (χ2v) is 6.94. The highest BCUT2D eigenvalue weighted by Crippen LogP contribution is 2.48. The minimum Gasteiger partial charge on any atom is -0.496 e. The Balaban J connectivity index is 2.40. The fraction of sp³-hybridized carbons (Fsp3) is 0.625. The Hall–Kier alpha value is -0.450. The van der Waals surface area contributed by atoms with E-state index in [0.717, 1.165) is 21.5 Å². The molecule has 2 rings (SSSR count). The molecule has 0 radical (unpaired) electrons. The van der Waals surface area contributed by atoms with Gasteiger partial charge >= 0.3 is 0 Å². The van der Waals surface area contributed by atoms with Crippen LogP contribution in [0.1, 0.15) is 31.7 Å². The third-order valence-electron chi connectivity index (χ3n) is 4.46. The van der Waals surface area contributed by atoms with Crippen LogP contribution in [0.25, 0.3) is 0 Å². The van der Waals surface area contributed by atoms with E-state index in [1.807, 2.05) is 12.1 Å². The fourth-order valence-corrected chi connectivity index (χ4v) is 4.19. The Kier molecular flexibility index (Phi) is 5.44. The summed E-state index contributed by atoms with van der Waals surface area (Å²) in [5, 5.41) is -0.183. The number of alkyl halides is 1. The lowest BCUT2D eigenvalue weighted by Gasteiger charge is -2.26. The van der Waals surface area contributed by atoms with Crippen LogP contribution in [0.5, 0.6) is 11.5 Å². The number of hydrogen-bond donors (Lipinski definition) is 0. The van der Waals surface area contributed by atoms with Gasteiger partial charge in [-0.05, 0) is 47.8 Å². The highest BCUT2D eigenvalue weighted by molar-refractivity contribution is 9.10. The average Bonchev–Trinajstić information content (AvgIpc) is 2.71. The quantitative estimate of drug-likeness (QED) is 0.705. The van der Waals surface area contributed by atoms with Crippen molar-refractivity contribution in [2.24, 2.45) is 11.8 Å². The summed E-state index contributed by atoms with van der Waals surface area (Å²) in [6.45, 7) is 6.38. The van der Waals surface area contributed by atoms with Gasteiger partial charge in [0.25, 0.3) is 0 Å². The van der Waals surface area contributed by atoms with E-state index in [1.54, 1.807) is 14.2 Å². The van der Waals surface area contributed by atoms with Crippen molar-refractivity contribution in [1.82, 2.24) is 0 Å². The highest BCUT2D eigenvalue weighted by Gasteiger charge is 2.42. The third-order valence-corrected chi connectivity index (χ3v) is 5.60. The topological polar surface area (TPSA) is 27.7 Å². The smallest absolute Gasteiger partial charge is 0.133 e. The SMILES string of the molecule is COc1cc(C(Cl)C2C(C)OC(C)C2C)c(OC)cc1Br. The van der Waals surface area contributed by atoms with Gasteiger partial charge in [-0.25, -0.2) is 0 Å². The lowest BCUT2D eigenvalue weighted by molar-refractivity contribution is 0.0507. The predicted octanol–water partition coefficient (Wildman–Crippen LogP) is 4.81. The molecule has 3 nitrogen and oxygen atoms in total. The molecule has 0 N–H and O–H groups in total. The van der Waals surface area contributed by atoms with E-state index in [1.165, 1.54) is 0 Å². The summed E-state index contributed by atoms with van der Waals surface area (Å²) in [5.41, 5.74) is 0.945. The molecule has 21 heavy (non-hydrogen) atoms. The van der Waals surface area contributed by atoms with Crippen LogP contribution in [0.2, 0.25) is 0 Å². The molecular weight excluding hydrogens is 356 g/mol. The maximum absolute atomic E-state index is 6.80. The molecule has 1 saturated heterocycles. The highest BCUT2D eigenvalue weighted by atomic mass is 79.9. The Morgan fingerprint density at radius 2 is 1.71 bits per heavy atom. The first-order chi connectivity index (χ1) is 9.90. The van der Waals surface area contributed by atoms with Crippen molar-refractivity contribution < 1.29 is 14.2 Å². The van der Waals surface area contributed by atoms with Crippen LogP contribution in [0.3, 0.4) is 0 Å². The average molecular weight is 378 g/mol. The van der Waals surface area contributed by atoms with Crippen LogP contribution in [0.4, 0.5) is 0 Å². The molecule has 1 aliphatic rings. The van der Waals surface area contributed by atoms with E-state index in [0.29, 0.717) is 5.92 Å². The van der Waals surface area contributed by atoms with Crippen molar-refractivity contribution >= 4 is 27.5 Å². The molecule has 5 unspecified atom stereocenters. The molecule has 1 aliphatic heterocycles. The number of halogens is 2. The molecule has 0 amide bonds. The molecule has 5 heteroatoms. The monoisotopic (exact) mass is 376 g/mol. The molecule has 0 aromatic heterocycles. The number of hydrogen-bond acceptors (Lipinski definition) is 3. The third kappa shape index (κ3) is 3.17. The molecule has 1 heterocycles. The Bertz CT molecular complexity index is 509. The molecule has 1 aromatic carbocycles. The molecule has 5 atom stereocenters. The van der Waals surface area contributed by atoms with Crippen molar-refractivity contribution in [3.63, 3.8) is 0 Å². The maximum Gasteiger partial charge on any atom is 0.133 e. The molecule has 1 fully saturated rings. The number of benzene rings is 1. The van der Waals surface area contributed by atoms with Gasteiger partial charge in [0.05, 0.1) is 36.3 Å². The van der Waals surface area contributed by atoms with Gasteiger partial charge in [0, 0.05) is 11.5 Å². The number of rotatable bonds is 4. The van der Waals surface area contributed by atoms with Gasteiger partial charge in [0.15, 0.2) is 0 Å². The Morgan fingerprint density at radius 3 is 2.19 bits per heavy atom. The largest absolute Gasteiger partial charge is 0.496 e. The van der Waals surface area contributed by atoms with E-state index < -0.39 is 0 Å². The Labute approximate surface area is 140 Å². The van der Waals surface area contributed by atoms with E-state index >= 15 is 0 Å². The molecule has 0 spiro atoms. The standard InChI is InChI=1S/C16H22BrClO3/c1-8-9(2)21-10(3)15(8)16(18)11-6-14(20-5)12(17)7-13(11)19-4/h6-10,15-16H,1-5H3. The summed E-state index contributed by atoms with van der Waals surface area (Å²) in [7, 11) is 3.30. The number of ether oxygens (including phenoxy) is 3. The summed E-state index contributed by atoms with van der Waals surface area (Å²) < 4.78 is 17.6. The zero-order chi connectivity index (χ0) is 15.7. The van der Waals surface area contributed by atoms with Crippen LogP contribution < -0.4 is 9.47 Å². The van der Waals surface area contributed by atoms with Crippen molar-refractivity contribution in [2.75, 3.05) is 14.2 Å². The lowest BCUT2D eigenvalue weighted by atomic mass is 9.84. The van der Waals surface area contributed by atoms with Crippen LogP contribution >= 0.6 is 27.5 Å². The Morgan fingerprint density at radius 1 is 1.10 bits per heavy atom. The van der Waals surface area contributed by atoms with Gasteiger partial charge in [-0.2, -0.15) is 0 Å². The first-order valence-electron chi connectivity index (χ1n) is 7.11. The minimum atomic E-state index is -0.183. The fourth-order valence-electron chi connectivity index (χ4n) is 3.11. The summed E-state index contributed by atoms with van der Waals surface area (Å²) in [6, 6.07) is 3.85. The van der Waals surface area contributed by atoms with Gasteiger partial charge in [0.1, 0.15) is 11.5 Å². The number of methoxy groups -OCH3 is 2. The van der Waals surface area contributed by atoms with Gasteiger partial charge in [-0.15, -0.1) is 11.6 Å². The maximum atomic E-state index is 6.80. The molecule has 0 bridgehead atoms. The van der Waals surface area contributed by atoms with Gasteiger partial charge in [-0.3, -0.25) is 0 Å². The van der Waals surface area contributed by atoms with Crippen LogP contribution in [0.15, 0.2) is 16.6 Å². The summed E-state index contributed by atoms with van der Waals surface area (Å²) >= 11 is 10.3. The van der Waals surface area contributed by atoms with Crippen molar-refractivity contribution in [3.05, 3.63) is 22.2 Å². The zero-order valence-corrected chi connectivity index (χ0v) is 15.4. The van der Waals surface area contributed by atoms with E-state index in [4.69, 9.17) is 25.8 Å². The molecule has 118 valence electrons. The second-order valence-electron chi connectivity index (χ2n) is 5.61. The van der Waals surface area contributed by atoms with E-state index in [2.05, 4.69) is 36.7 Å². The lowest BCUT2D eigenvalue weighted by Crippen LogP contribution is -2.22. The van der Waals surface area contributed by atoms with Gasteiger partial charge < -0.3 is 14.2 Å². The molecule has 0 saturated carbocycles. The van der Waals surface area contributed by atoms with Crippen LogP contribution in [-0.4, -0.2) is 26.4 Å². The summed E-state index contributed by atoms with van der Waals surface area (Å²) in [4.78, 5) is 0. The predicted molar refractivity (Wildman–Crippen MR) is 88.5 cm³/mol. The molecule has 1 aromatic rings. The van der Waals surface area contributed by atoms with Crippen LogP contribution in [-0.2, 0) is 4.74 Å². The second kappa shape index (κ2) is 6.76. The van der Waals surface area contributed by atoms with Crippen LogP contribution in [0, 0.1) is 11.8 Å². The van der Waals surface area contributed by atoms with Gasteiger partial charge in [-0.1, -0.05) is 6.92 Å². The molecule has 0 aliphatic carbocycles.